The summed E-state index contributed by atoms with van der Waals surface area (Å²) in [6.07, 6.45) is 2.08. The second-order valence-corrected chi connectivity index (χ2v) is 5.95. The normalized spacial score (nSPS) is 12.2. The van der Waals surface area contributed by atoms with Gasteiger partial charge < -0.3 is 21.3 Å². The van der Waals surface area contributed by atoms with Crippen LogP contribution < -0.4 is 21.3 Å². The van der Waals surface area contributed by atoms with Gasteiger partial charge in [0, 0.05) is 38.0 Å². The zero-order valence-electron chi connectivity index (χ0n) is 14.6. The highest BCUT2D eigenvalue weighted by Gasteiger charge is 2.11. The highest BCUT2D eigenvalue weighted by atomic mass is 16.2. The number of amides is 2. The third-order valence-electron chi connectivity index (χ3n) is 3.28. The molecule has 1 atom stereocenters. The van der Waals surface area contributed by atoms with Crippen LogP contribution in [0.4, 0.5) is 0 Å². The van der Waals surface area contributed by atoms with E-state index in [0.717, 1.165) is 25.9 Å². The molecule has 0 heterocycles. The van der Waals surface area contributed by atoms with E-state index >= 15 is 0 Å². The first-order valence-electron chi connectivity index (χ1n) is 8.45. The second kappa shape index (κ2) is 13.5. The average Bonchev–Trinajstić information content (AvgIpc) is 2.49. The summed E-state index contributed by atoms with van der Waals surface area (Å²) in [7, 11) is 0. The summed E-state index contributed by atoms with van der Waals surface area (Å²) in [4.78, 5) is 23.2. The van der Waals surface area contributed by atoms with Gasteiger partial charge in [0.1, 0.15) is 0 Å². The van der Waals surface area contributed by atoms with Crippen LogP contribution in [0, 0.1) is 11.8 Å². The lowest BCUT2D eigenvalue weighted by atomic mass is 10.1. The first-order chi connectivity index (χ1) is 10.5. The standard InChI is InChI=1S/C16H34N4O2/c1-5-7-17-8-6-9-19-16(22)14(4)12-18-10-11-20-15(21)13(2)3/h13-14,17-18H,5-12H2,1-4H3,(H,19,22)(H,20,21). The monoisotopic (exact) mass is 314 g/mol. The molecule has 4 N–H and O–H groups in total. The highest BCUT2D eigenvalue weighted by Crippen LogP contribution is 1.93. The number of carbonyl (C=O) groups is 2. The van der Waals surface area contributed by atoms with Crippen LogP contribution in [0.15, 0.2) is 0 Å². The molecule has 0 saturated heterocycles. The van der Waals surface area contributed by atoms with Gasteiger partial charge in [-0.25, -0.2) is 0 Å². The van der Waals surface area contributed by atoms with Gasteiger partial charge in [-0.3, -0.25) is 9.59 Å². The highest BCUT2D eigenvalue weighted by molar-refractivity contribution is 5.78. The lowest BCUT2D eigenvalue weighted by Crippen LogP contribution is -2.39. The van der Waals surface area contributed by atoms with Gasteiger partial charge in [-0.15, -0.1) is 0 Å². The van der Waals surface area contributed by atoms with Crippen LogP contribution >= 0.6 is 0 Å². The Balaban J connectivity index is 3.52. The molecule has 0 aliphatic heterocycles. The van der Waals surface area contributed by atoms with Crippen LogP contribution in [0.2, 0.25) is 0 Å². The molecule has 0 aliphatic carbocycles. The van der Waals surface area contributed by atoms with Gasteiger partial charge in [-0.1, -0.05) is 27.7 Å². The van der Waals surface area contributed by atoms with Crippen LogP contribution in [0.1, 0.15) is 40.5 Å². The molecule has 0 fully saturated rings. The molecule has 22 heavy (non-hydrogen) atoms. The summed E-state index contributed by atoms with van der Waals surface area (Å²) in [6, 6.07) is 0. The maximum atomic E-state index is 11.9. The minimum atomic E-state index is -0.0654. The second-order valence-electron chi connectivity index (χ2n) is 5.95. The largest absolute Gasteiger partial charge is 0.356 e. The first-order valence-corrected chi connectivity index (χ1v) is 8.45. The fourth-order valence-electron chi connectivity index (χ4n) is 1.79. The lowest BCUT2D eigenvalue weighted by Gasteiger charge is -2.14. The Hall–Kier alpha value is -1.14. The Bertz CT molecular complexity index is 309. The molecule has 130 valence electrons. The molecule has 0 aliphatic rings. The van der Waals surface area contributed by atoms with Crippen molar-refractivity contribution in [2.75, 3.05) is 39.3 Å². The minimum Gasteiger partial charge on any atom is -0.356 e. The van der Waals surface area contributed by atoms with Crippen molar-refractivity contribution in [2.24, 2.45) is 11.8 Å². The number of carbonyl (C=O) groups excluding carboxylic acids is 2. The van der Waals surface area contributed by atoms with E-state index in [1.165, 1.54) is 0 Å². The van der Waals surface area contributed by atoms with Crippen molar-refractivity contribution in [3.8, 4) is 0 Å². The predicted molar refractivity (Wildman–Crippen MR) is 90.7 cm³/mol. The van der Waals surface area contributed by atoms with Crippen molar-refractivity contribution < 1.29 is 9.59 Å². The van der Waals surface area contributed by atoms with E-state index in [1.807, 2.05) is 20.8 Å². The van der Waals surface area contributed by atoms with E-state index in [9.17, 15) is 9.59 Å². The van der Waals surface area contributed by atoms with Crippen molar-refractivity contribution >= 4 is 11.8 Å². The Kier molecular flexibility index (Phi) is 12.8. The Labute approximate surface area is 135 Å². The molecule has 2 amide bonds. The molecule has 1 unspecified atom stereocenters. The first kappa shape index (κ1) is 20.9. The minimum absolute atomic E-state index is 0.0107. The summed E-state index contributed by atoms with van der Waals surface area (Å²) in [5, 5.41) is 12.3. The van der Waals surface area contributed by atoms with E-state index < -0.39 is 0 Å². The molecule has 0 aromatic rings. The van der Waals surface area contributed by atoms with Crippen LogP contribution in [-0.2, 0) is 9.59 Å². The zero-order valence-corrected chi connectivity index (χ0v) is 14.6. The molecule has 0 radical (unpaired) electrons. The topological polar surface area (TPSA) is 82.3 Å². The van der Waals surface area contributed by atoms with Crippen molar-refractivity contribution in [2.45, 2.75) is 40.5 Å². The fraction of sp³-hybridized carbons (Fsp3) is 0.875. The SMILES string of the molecule is CCCNCCCNC(=O)C(C)CNCCNC(=O)C(C)C. The maximum absolute atomic E-state index is 11.9. The van der Waals surface area contributed by atoms with E-state index in [2.05, 4.69) is 28.2 Å². The molecule has 6 nitrogen and oxygen atoms in total. The van der Waals surface area contributed by atoms with E-state index in [1.54, 1.807) is 0 Å². The Morgan fingerprint density at radius 3 is 2.14 bits per heavy atom. The maximum Gasteiger partial charge on any atom is 0.224 e. The molecule has 0 rings (SSSR count). The van der Waals surface area contributed by atoms with E-state index in [4.69, 9.17) is 0 Å². The van der Waals surface area contributed by atoms with E-state index in [0.29, 0.717) is 26.2 Å². The van der Waals surface area contributed by atoms with Gasteiger partial charge in [-0.05, 0) is 25.9 Å². The summed E-state index contributed by atoms with van der Waals surface area (Å²) in [5.74, 6) is 0.0828. The zero-order chi connectivity index (χ0) is 16.8. The lowest BCUT2D eigenvalue weighted by molar-refractivity contribution is -0.125. The Morgan fingerprint density at radius 1 is 0.818 bits per heavy atom. The molecule has 0 aromatic heterocycles. The number of hydrogen-bond acceptors (Lipinski definition) is 4. The van der Waals surface area contributed by atoms with E-state index in [-0.39, 0.29) is 23.7 Å². The van der Waals surface area contributed by atoms with Crippen LogP contribution in [0.3, 0.4) is 0 Å². The molecular weight excluding hydrogens is 280 g/mol. The molecule has 0 bridgehead atoms. The predicted octanol–water partition coefficient (Wildman–Crippen LogP) is 0.490. The summed E-state index contributed by atoms with van der Waals surface area (Å²) < 4.78 is 0. The average molecular weight is 314 g/mol. The van der Waals surface area contributed by atoms with Crippen molar-refractivity contribution in [3.05, 3.63) is 0 Å². The van der Waals surface area contributed by atoms with Crippen molar-refractivity contribution in [1.29, 1.82) is 0 Å². The number of rotatable bonds is 13. The quantitative estimate of drug-likeness (QED) is 0.373. The molecular formula is C16H34N4O2. The summed E-state index contributed by atoms with van der Waals surface area (Å²) >= 11 is 0. The fourth-order valence-corrected chi connectivity index (χ4v) is 1.79. The van der Waals surface area contributed by atoms with Gasteiger partial charge in [0.25, 0.3) is 0 Å². The third kappa shape index (κ3) is 11.5. The summed E-state index contributed by atoms with van der Waals surface area (Å²) in [6.45, 7) is 12.4. The number of hydrogen-bond donors (Lipinski definition) is 4. The van der Waals surface area contributed by atoms with Crippen LogP contribution in [0.5, 0.6) is 0 Å². The van der Waals surface area contributed by atoms with Gasteiger partial charge in [0.05, 0.1) is 0 Å². The molecule has 0 spiro atoms. The van der Waals surface area contributed by atoms with Crippen molar-refractivity contribution in [3.63, 3.8) is 0 Å². The number of nitrogens with one attached hydrogen (secondary N) is 4. The Morgan fingerprint density at radius 2 is 1.50 bits per heavy atom. The van der Waals surface area contributed by atoms with Crippen LogP contribution in [-0.4, -0.2) is 51.1 Å². The van der Waals surface area contributed by atoms with Gasteiger partial charge in [0.2, 0.25) is 11.8 Å². The van der Waals surface area contributed by atoms with Crippen molar-refractivity contribution in [1.82, 2.24) is 21.3 Å². The molecule has 0 aromatic carbocycles. The smallest absolute Gasteiger partial charge is 0.224 e. The van der Waals surface area contributed by atoms with Gasteiger partial charge in [0.15, 0.2) is 0 Å². The van der Waals surface area contributed by atoms with Gasteiger partial charge in [-0.2, -0.15) is 0 Å². The van der Waals surface area contributed by atoms with Crippen LogP contribution in [0.25, 0.3) is 0 Å². The third-order valence-corrected chi connectivity index (χ3v) is 3.28. The van der Waals surface area contributed by atoms with Gasteiger partial charge >= 0.3 is 0 Å². The molecule has 0 saturated carbocycles. The molecule has 6 heteroatoms. The summed E-state index contributed by atoms with van der Waals surface area (Å²) in [5.41, 5.74) is 0.